The Morgan fingerprint density at radius 2 is 1.23 bits per heavy atom. The first-order valence-electron chi connectivity index (χ1n) is 11.3. The molecule has 0 spiro atoms. The summed E-state index contributed by atoms with van der Waals surface area (Å²) in [5.41, 5.74) is 0.463. The molecule has 30 heavy (non-hydrogen) atoms. The van der Waals surface area contributed by atoms with Crippen LogP contribution in [0.5, 0.6) is 11.5 Å². The van der Waals surface area contributed by atoms with E-state index in [0.717, 1.165) is 76.2 Å². The fourth-order valence-corrected chi connectivity index (χ4v) is 4.46. The molecule has 1 aromatic carbocycles. The molecule has 0 radical (unpaired) electrons. The number of aliphatic carboxylic acids is 2. The molecule has 6 heteroatoms. The summed E-state index contributed by atoms with van der Waals surface area (Å²) < 4.78 is 0. The molecule has 0 aromatic heterocycles. The number of rotatable bonds is 14. The van der Waals surface area contributed by atoms with Crippen LogP contribution in [0.25, 0.3) is 0 Å². The molecule has 6 nitrogen and oxygen atoms in total. The van der Waals surface area contributed by atoms with Gasteiger partial charge < -0.3 is 20.4 Å². The van der Waals surface area contributed by atoms with Gasteiger partial charge in [0.25, 0.3) is 0 Å². The van der Waals surface area contributed by atoms with Gasteiger partial charge in [-0.15, -0.1) is 0 Å². The van der Waals surface area contributed by atoms with Crippen molar-refractivity contribution in [1.29, 1.82) is 0 Å². The Morgan fingerprint density at radius 1 is 0.733 bits per heavy atom. The van der Waals surface area contributed by atoms with E-state index in [9.17, 15) is 30.0 Å². The lowest BCUT2D eigenvalue weighted by Gasteiger charge is -2.13. The first-order valence-corrected chi connectivity index (χ1v) is 11.3. The van der Waals surface area contributed by atoms with Gasteiger partial charge in [-0.05, 0) is 75.8 Å². The van der Waals surface area contributed by atoms with Crippen molar-refractivity contribution < 1.29 is 30.0 Å². The van der Waals surface area contributed by atoms with Gasteiger partial charge in [0.15, 0.2) is 0 Å². The van der Waals surface area contributed by atoms with Crippen LogP contribution in [-0.4, -0.2) is 32.4 Å². The molecule has 0 atom stereocenters. The summed E-state index contributed by atoms with van der Waals surface area (Å²) in [4.78, 5) is 22.4. The van der Waals surface area contributed by atoms with E-state index >= 15 is 0 Å². The quantitative estimate of drug-likeness (QED) is 0.315. The fraction of sp³-hybridized carbons (Fsp3) is 0.667. The second-order valence-electron chi connectivity index (χ2n) is 9.36. The van der Waals surface area contributed by atoms with Gasteiger partial charge in [-0.25, -0.2) is 0 Å². The molecule has 0 saturated heterocycles. The lowest BCUT2D eigenvalue weighted by molar-refractivity contribution is -0.144. The van der Waals surface area contributed by atoms with Crippen LogP contribution in [0.2, 0.25) is 0 Å². The van der Waals surface area contributed by atoms with Gasteiger partial charge in [-0.1, -0.05) is 31.7 Å². The van der Waals surface area contributed by atoms with Crippen LogP contribution in [0.3, 0.4) is 0 Å². The minimum atomic E-state index is -0.680. The van der Waals surface area contributed by atoms with Gasteiger partial charge in [0.05, 0.1) is 10.8 Å². The van der Waals surface area contributed by atoms with E-state index in [1.807, 2.05) is 0 Å². The van der Waals surface area contributed by atoms with Crippen LogP contribution in [0, 0.1) is 10.8 Å². The summed E-state index contributed by atoms with van der Waals surface area (Å²) in [5.74, 6) is -1.07. The normalized spacial score (nSPS) is 18.1. The van der Waals surface area contributed by atoms with Crippen LogP contribution in [0.1, 0.15) is 88.2 Å². The van der Waals surface area contributed by atoms with Crippen LogP contribution < -0.4 is 0 Å². The van der Waals surface area contributed by atoms with E-state index in [1.54, 1.807) is 12.1 Å². The maximum absolute atomic E-state index is 11.2. The third kappa shape index (κ3) is 5.27. The maximum atomic E-state index is 11.2. The first-order chi connectivity index (χ1) is 14.3. The monoisotopic (exact) mass is 418 g/mol. The Bertz CT molecular complexity index is 776. The Kier molecular flexibility index (Phi) is 6.94. The SMILES string of the molecule is O=C(O)C1(CCCCCc2ccc(O)c(CCCCCC3(C(=O)O)CC3)c2O)CC1. The summed E-state index contributed by atoms with van der Waals surface area (Å²) in [7, 11) is 0. The summed E-state index contributed by atoms with van der Waals surface area (Å²) in [6.45, 7) is 0. The van der Waals surface area contributed by atoms with E-state index in [2.05, 4.69) is 0 Å². The zero-order valence-corrected chi connectivity index (χ0v) is 17.7. The van der Waals surface area contributed by atoms with Crippen LogP contribution >= 0.6 is 0 Å². The Balaban J connectivity index is 1.39. The molecule has 2 aliphatic rings. The van der Waals surface area contributed by atoms with Crippen LogP contribution in [-0.2, 0) is 22.4 Å². The molecule has 0 heterocycles. The van der Waals surface area contributed by atoms with Gasteiger partial charge in [-0.2, -0.15) is 0 Å². The number of benzene rings is 1. The number of carbonyl (C=O) groups is 2. The summed E-state index contributed by atoms with van der Waals surface area (Å²) >= 11 is 0. The molecule has 2 fully saturated rings. The summed E-state index contributed by atoms with van der Waals surface area (Å²) in [5, 5.41) is 39.2. The highest BCUT2D eigenvalue weighted by atomic mass is 16.4. The first kappa shape index (κ1) is 22.4. The molecule has 1 aromatic rings. The minimum Gasteiger partial charge on any atom is -0.508 e. The summed E-state index contributed by atoms with van der Waals surface area (Å²) in [6.07, 6.45) is 11.1. The number of hydrogen-bond acceptors (Lipinski definition) is 4. The third-order valence-electron chi connectivity index (χ3n) is 7.14. The van der Waals surface area contributed by atoms with E-state index in [1.165, 1.54) is 0 Å². The third-order valence-corrected chi connectivity index (χ3v) is 7.14. The zero-order valence-electron chi connectivity index (χ0n) is 17.7. The smallest absolute Gasteiger partial charge is 0.309 e. The Labute approximate surface area is 177 Å². The lowest BCUT2D eigenvalue weighted by Crippen LogP contribution is -2.14. The molecule has 166 valence electrons. The van der Waals surface area contributed by atoms with Crippen LogP contribution in [0.4, 0.5) is 0 Å². The van der Waals surface area contributed by atoms with E-state index in [-0.39, 0.29) is 11.5 Å². The van der Waals surface area contributed by atoms with Crippen molar-refractivity contribution in [3.8, 4) is 11.5 Å². The average Bonchev–Trinajstić information content (AvgIpc) is 3.60. The standard InChI is InChI=1S/C24H34O6/c25-19-10-9-17(7-3-1-5-11-23(13-14-23)21(27)28)20(26)18(19)8-4-2-6-12-24(15-16-24)22(29)30/h9-10,25-26H,1-8,11-16H2,(H,27,28)(H,29,30). The highest BCUT2D eigenvalue weighted by molar-refractivity contribution is 5.78. The molecular weight excluding hydrogens is 384 g/mol. The van der Waals surface area contributed by atoms with Gasteiger partial charge >= 0.3 is 11.9 Å². The molecular formula is C24H34O6. The lowest BCUT2D eigenvalue weighted by atomic mass is 9.95. The molecule has 2 saturated carbocycles. The van der Waals surface area contributed by atoms with Crippen molar-refractivity contribution in [3.63, 3.8) is 0 Å². The number of carboxylic acids is 2. The predicted octanol–water partition coefficient (Wildman–Crippen LogP) is 5.03. The van der Waals surface area contributed by atoms with Crippen molar-refractivity contribution in [1.82, 2.24) is 0 Å². The van der Waals surface area contributed by atoms with Crippen molar-refractivity contribution >= 4 is 11.9 Å². The molecule has 0 unspecified atom stereocenters. The van der Waals surface area contributed by atoms with Gasteiger partial charge in [0.2, 0.25) is 0 Å². The number of aryl methyl sites for hydroxylation is 1. The van der Waals surface area contributed by atoms with Crippen molar-refractivity contribution in [2.75, 3.05) is 0 Å². The Morgan fingerprint density at radius 3 is 1.70 bits per heavy atom. The largest absolute Gasteiger partial charge is 0.508 e. The van der Waals surface area contributed by atoms with E-state index in [0.29, 0.717) is 24.8 Å². The molecule has 3 rings (SSSR count). The van der Waals surface area contributed by atoms with Crippen molar-refractivity contribution in [2.45, 2.75) is 89.9 Å². The second kappa shape index (κ2) is 9.27. The Hall–Kier alpha value is -2.24. The number of aromatic hydroxyl groups is 2. The molecule has 0 aliphatic heterocycles. The van der Waals surface area contributed by atoms with Gasteiger partial charge in [0, 0.05) is 5.56 Å². The highest BCUT2D eigenvalue weighted by Gasteiger charge is 2.49. The minimum absolute atomic E-state index is 0.109. The molecule has 4 N–H and O–H groups in total. The molecule has 0 amide bonds. The van der Waals surface area contributed by atoms with E-state index < -0.39 is 22.8 Å². The maximum Gasteiger partial charge on any atom is 0.309 e. The molecule has 0 bridgehead atoms. The predicted molar refractivity (Wildman–Crippen MR) is 113 cm³/mol. The van der Waals surface area contributed by atoms with Crippen molar-refractivity contribution in [3.05, 3.63) is 23.3 Å². The fourth-order valence-electron chi connectivity index (χ4n) is 4.46. The number of unbranched alkanes of at least 4 members (excludes halogenated alkanes) is 4. The number of hydrogen-bond donors (Lipinski definition) is 4. The topological polar surface area (TPSA) is 115 Å². The van der Waals surface area contributed by atoms with Gasteiger partial charge in [0.1, 0.15) is 11.5 Å². The second-order valence-corrected chi connectivity index (χ2v) is 9.36. The number of phenols is 2. The van der Waals surface area contributed by atoms with Crippen LogP contribution in [0.15, 0.2) is 12.1 Å². The molecule has 2 aliphatic carbocycles. The number of carboxylic acid groups (broad SMARTS) is 2. The summed E-state index contributed by atoms with van der Waals surface area (Å²) in [6, 6.07) is 3.40. The van der Waals surface area contributed by atoms with E-state index in [4.69, 9.17) is 0 Å². The van der Waals surface area contributed by atoms with Crippen molar-refractivity contribution in [2.24, 2.45) is 10.8 Å². The highest BCUT2D eigenvalue weighted by Crippen LogP contribution is 2.51. The number of phenolic OH excluding ortho intramolecular Hbond substituents is 2. The average molecular weight is 419 g/mol. The zero-order chi connectivity index (χ0) is 21.8. The van der Waals surface area contributed by atoms with Gasteiger partial charge in [-0.3, -0.25) is 9.59 Å².